The van der Waals surface area contributed by atoms with Crippen LogP contribution in [0, 0.1) is 5.92 Å². The molecule has 3 rings (SSSR count). The van der Waals surface area contributed by atoms with Crippen LogP contribution in [0.2, 0.25) is 0 Å². The highest BCUT2D eigenvalue weighted by Crippen LogP contribution is 2.28. The predicted molar refractivity (Wildman–Crippen MR) is 87.0 cm³/mol. The minimum Gasteiger partial charge on any atom is -0.497 e. The molecule has 4 nitrogen and oxygen atoms in total. The fourth-order valence-electron chi connectivity index (χ4n) is 3.06. The van der Waals surface area contributed by atoms with Crippen LogP contribution in [0.15, 0.2) is 24.3 Å². The average Bonchev–Trinajstić information content (AvgIpc) is 3.38. The Kier molecular flexibility index (Phi) is 4.98. The van der Waals surface area contributed by atoms with E-state index in [0.717, 1.165) is 43.2 Å². The molecule has 22 heavy (non-hydrogen) atoms. The van der Waals surface area contributed by atoms with E-state index in [9.17, 15) is 4.79 Å². The number of nitrogens with zero attached hydrogens (tertiary/aromatic N) is 1. The Labute approximate surface area is 132 Å². The van der Waals surface area contributed by atoms with Crippen molar-refractivity contribution in [2.24, 2.45) is 5.92 Å². The highest BCUT2D eigenvalue weighted by molar-refractivity contribution is 5.79. The van der Waals surface area contributed by atoms with Crippen LogP contribution in [0.3, 0.4) is 0 Å². The molecule has 2 fully saturated rings. The molecule has 0 unspecified atom stereocenters. The van der Waals surface area contributed by atoms with Gasteiger partial charge in [0.15, 0.2) is 0 Å². The van der Waals surface area contributed by atoms with Crippen LogP contribution in [-0.2, 0) is 11.2 Å². The number of hydrogen-bond donors (Lipinski definition) is 1. The maximum atomic E-state index is 12.4. The van der Waals surface area contributed by atoms with Crippen molar-refractivity contribution in [1.29, 1.82) is 0 Å². The summed E-state index contributed by atoms with van der Waals surface area (Å²) >= 11 is 0. The van der Waals surface area contributed by atoms with Gasteiger partial charge >= 0.3 is 0 Å². The maximum Gasteiger partial charge on any atom is 0.226 e. The second-order valence-corrected chi connectivity index (χ2v) is 6.53. The Bertz CT molecular complexity index is 506. The summed E-state index contributed by atoms with van der Waals surface area (Å²) in [7, 11) is 1.65. The fourth-order valence-corrected chi connectivity index (χ4v) is 3.06. The number of likely N-dealkylation sites (tertiary alicyclic amines) is 1. The first kappa shape index (κ1) is 15.3. The molecular formula is C18H26N2O2. The summed E-state index contributed by atoms with van der Waals surface area (Å²) in [5.74, 6) is 1.97. The van der Waals surface area contributed by atoms with E-state index in [0.29, 0.717) is 12.5 Å². The lowest BCUT2D eigenvalue weighted by molar-refractivity contribution is -0.131. The van der Waals surface area contributed by atoms with Crippen LogP contribution in [0.4, 0.5) is 0 Å². The third kappa shape index (κ3) is 4.23. The van der Waals surface area contributed by atoms with E-state index < -0.39 is 0 Å². The van der Waals surface area contributed by atoms with Gasteiger partial charge in [0.05, 0.1) is 13.5 Å². The van der Waals surface area contributed by atoms with E-state index in [1.54, 1.807) is 7.11 Å². The van der Waals surface area contributed by atoms with Gasteiger partial charge in [-0.1, -0.05) is 12.1 Å². The zero-order chi connectivity index (χ0) is 15.4. The third-order valence-corrected chi connectivity index (χ3v) is 4.73. The lowest BCUT2D eigenvalue weighted by Gasteiger charge is -2.32. The van der Waals surface area contributed by atoms with Crippen molar-refractivity contribution in [2.75, 3.05) is 26.7 Å². The van der Waals surface area contributed by atoms with Gasteiger partial charge in [0.2, 0.25) is 5.91 Å². The van der Waals surface area contributed by atoms with Gasteiger partial charge in [-0.3, -0.25) is 4.79 Å². The molecular weight excluding hydrogens is 276 g/mol. The van der Waals surface area contributed by atoms with Gasteiger partial charge < -0.3 is 15.0 Å². The number of benzene rings is 1. The molecule has 2 aliphatic rings. The summed E-state index contributed by atoms with van der Waals surface area (Å²) in [6.07, 6.45) is 5.42. The first-order valence-corrected chi connectivity index (χ1v) is 8.38. The second kappa shape index (κ2) is 7.14. The Hall–Kier alpha value is -1.55. The molecule has 0 spiro atoms. The smallest absolute Gasteiger partial charge is 0.226 e. The molecule has 1 aliphatic heterocycles. The molecule has 1 aliphatic carbocycles. The van der Waals surface area contributed by atoms with Gasteiger partial charge in [-0.2, -0.15) is 0 Å². The molecule has 1 saturated carbocycles. The van der Waals surface area contributed by atoms with Gasteiger partial charge in [-0.05, 0) is 55.8 Å². The number of hydrogen-bond acceptors (Lipinski definition) is 3. The number of methoxy groups -OCH3 is 1. The third-order valence-electron chi connectivity index (χ3n) is 4.73. The van der Waals surface area contributed by atoms with Crippen molar-refractivity contribution in [2.45, 2.75) is 38.1 Å². The predicted octanol–water partition coefficient (Wildman–Crippen LogP) is 2.23. The monoisotopic (exact) mass is 302 g/mol. The molecule has 1 aromatic carbocycles. The fraction of sp³-hybridized carbons (Fsp3) is 0.611. The SMILES string of the molecule is COc1cccc(CC(=O)N2CCC(NCC3CC3)CC2)c1. The molecule has 0 aromatic heterocycles. The van der Waals surface area contributed by atoms with Crippen molar-refractivity contribution in [3.63, 3.8) is 0 Å². The summed E-state index contributed by atoms with van der Waals surface area (Å²) in [6.45, 7) is 2.93. The molecule has 0 atom stereocenters. The maximum absolute atomic E-state index is 12.4. The Morgan fingerprint density at radius 1 is 1.27 bits per heavy atom. The zero-order valence-corrected chi connectivity index (χ0v) is 13.4. The summed E-state index contributed by atoms with van der Waals surface area (Å²) < 4.78 is 5.21. The van der Waals surface area contributed by atoms with Crippen LogP contribution < -0.4 is 10.1 Å². The molecule has 0 radical (unpaired) electrons. The minimum atomic E-state index is 0.230. The number of carbonyl (C=O) groups excluding carboxylic acids is 1. The minimum absolute atomic E-state index is 0.230. The van der Waals surface area contributed by atoms with Gasteiger partial charge in [0.25, 0.3) is 0 Å². The molecule has 1 N–H and O–H groups in total. The zero-order valence-electron chi connectivity index (χ0n) is 13.4. The molecule has 0 bridgehead atoms. The van der Waals surface area contributed by atoms with Crippen molar-refractivity contribution in [1.82, 2.24) is 10.2 Å². The van der Waals surface area contributed by atoms with E-state index in [1.165, 1.54) is 19.4 Å². The van der Waals surface area contributed by atoms with E-state index in [-0.39, 0.29) is 5.91 Å². The number of rotatable bonds is 6. The van der Waals surface area contributed by atoms with E-state index in [2.05, 4.69) is 5.32 Å². The number of amides is 1. The van der Waals surface area contributed by atoms with E-state index in [1.807, 2.05) is 29.2 Å². The first-order chi connectivity index (χ1) is 10.7. The van der Waals surface area contributed by atoms with Crippen molar-refractivity contribution >= 4 is 5.91 Å². The number of carbonyl (C=O) groups is 1. The Balaban J connectivity index is 1.44. The topological polar surface area (TPSA) is 41.6 Å². The summed E-state index contributed by atoms with van der Waals surface area (Å²) in [6, 6.07) is 8.38. The van der Waals surface area contributed by atoms with Crippen LogP contribution in [0.1, 0.15) is 31.2 Å². The summed E-state index contributed by atoms with van der Waals surface area (Å²) in [5, 5.41) is 3.65. The molecule has 1 aromatic rings. The lowest BCUT2D eigenvalue weighted by Crippen LogP contribution is -2.45. The molecule has 1 saturated heterocycles. The molecule has 120 valence electrons. The van der Waals surface area contributed by atoms with Crippen LogP contribution in [0.5, 0.6) is 5.75 Å². The number of ether oxygens (including phenoxy) is 1. The van der Waals surface area contributed by atoms with Crippen LogP contribution in [-0.4, -0.2) is 43.6 Å². The van der Waals surface area contributed by atoms with Gasteiger partial charge in [0.1, 0.15) is 5.75 Å². The largest absolute Gasteiger partial charge is 0.497 e. The van der Waals surface area contributed by atoms with Crippen molar-refractivity contribution < 1.29 is 9.53 Å². The van der Waals surface area contributed by atoms with Gasteiger partial charge in [0, 0.05) is 19.1 Å². The normalized spacial score (nSPS) is 19.2. The van der Waals surface area contributed by atoms with Crippen molar-refractivity contribution in [3.05, 3.63) is 29.8 Å². The molecule has 4 heteroatoms. The molecule has 1 amide bonds. The van der Waals surface area contributed by atoms with E-state index >= 15 is 0 Å². The van der Waals surface area contributed by atoms with Crippen LogP contribution >= 0.6 is 0 Å². The summed E-state index contributed by atoms with van der Waals surface area (Å²) in [4.78, 5) is 14.4. The number of nitrogens with one attached hydrogen (secondary N) is 1. The molecule has 1 heterocycles. The highest BCUT2D eigenvalue weighted by Gasteiger charge is 2.25. The Morgan fingerprint density at radius 2 is 2.05 bits per heavy atom. The van der Waals surface area contributed by atoms with Gasteiger partial charge in [-0.15, -0.1) is 0 Å². The first-order valence-electron chi connectivity index (χ1n) is 8.38. The van der Waals surface area contributed by atoms with Crippen LogP contribution in [0.25, 0.3) is 0 Å². The lowest BCUT2D eigenvalue weighted by atomic mass is 10.0. The standard InChI is InChI=1S/C18H26N2O2/c1-22-17-4-2-3-15(11-17)12-18(21)20-9-7-16(8-10-20)19-13-14-5-6-14/h2-4,11,14,16,19H,5-10,12-13H2,1H3. The average molecular weight is 302 g/mol. The Morgan fingerprint density at radius 3 is 2.73 bits per heavy atom. The summed E-state index contributed by atoms with van der Waals surface area (Å²) in [5.41, 5.74) is 1.03. The quantitative estimate of drug-likeness (QED) is 0.876. The van der Waals surface area contributed by atoms with Crippen molar-refractivity contribution in [3.8, 4) is 5.75 Å². The second-order valence-electron chi connectivity index (χ2n) is 6.53. The van der Waals surface area contributed by atoms with Gasteiger partial charge in [-0.25, -0.2) is 0 Å². The van der Waals surface area contributed by atoms with E-state index in [4.69, 9.17) is 4.74 Å². The highest BCUT2D eigenvalue weighted by atomic mass is 16.5. The number of piperidine rings is 1.